The summed E-state index contributed by atoms with van der Waals surface area (Å²) in [6, 6.07) is 9.99. The summed E-state index contributed by atoms with van der Waals surface area (Å²) in [6.07, 6.45) is 8.97. The zero-order chi connectivity index (χ0) is 14.9. The number of hydrogen-bond donors (Lipinski definition) is 1. The standard InChI is InChI=1S/C19H26N2O/c22-19(13-15-7-4-12-20-15)21(16-10-11-16)18-9-3-6-14-5-1-2-8-17(14)18/h1-2,5,8,15-16,18,20H,3-4,6-7,9-13H2. The average molecular weight is 298 g/mol. The molecular formula is C19H26N2O. The van der Waals surface area contributed by atoms with E-state index in [4.69, 9.17) is 0 Å². The van der Waals surface area contributed by atoms with Gasteiger partial charge in [-0.25, -0.2) is 0 Å². The molecule has 3 heteroatoms. The lowest BCUT2D eigenvalue weighted by molar-refractivity contribution is -0.135. The highest BCUT2D eigenvalue weighted by Gasteiger charge is 2.39. The van der Waals surface area contributed by atoms with Crippen LogP contribution in [0.3, 0.4) is 0 Å². The number of amides is 1. The maximum absolute atomic E-state index is 13.0. The fourth-order valence-electron chi connectivity index (χ4n) is 4.25. The molecular weight excluding hydrogens is 272 g/mol. The quantitative estimate of drug-likeness (QED) is 0.926. The van der Waals surface area contributed by atoms with Gasteiger partial charge in [0.2, 0.25) is 5.91 Å². The number of fused-ring (bicyclic) bond motifs is 1. The van der Waals surface area contributed by atoms with Crippen LogP contribution < -0.4 is 5.32 Å². The summed E-state index contributed by atoms with van der Waals surface area (Å²) in [5.41, 5.74) is 2.87. The normalized spacial score (nSPS) is 27.5. The lowest BCUT2D eigenvalue weighted by Gasteiger charge is -2.37. The van der Waals surface area contributed by atoms with Crippen LogP contribution in [0.1, 0.15) is 62.1 Å². The molecule has 1 heterocycles. The molecule has 22 heavy (non-hydrogen) atoms. The lowest BCUT2D eigenvalue weighted by atomic mass is 9.86. The van der Waals surface area contributed by atoms with Crippen molar-refractivity contribution in [3.8, 4) is 0 Å². The van der Waals surface area contributed by atoms with E-state index >= 15 is 0 Å². The van der Waals surface area contributed by atoms with E-state index in [1.165, 1.54) is 43.2 Å². The van der Waals surface area contributed by atoms with Crippen LogP contribution in [0.25, 0.3) is 0 Å². The second kappa shape index (κ2) is 6.04. The molecule has 1 N–H and O–H groups in total. The number of nitrogens with one attached hydrogen (secondary N) is 1. The molecule has 3 nitrogen and oxygen atoms in total. The molecule has 2 aliphatic carbocycles. The third-order valence-electron chi connectivity index (χ3n) is 5.49. The highest BCUT2D eigenvalue weighted by Crippen LogP contribution is 2.41. The zero-order valence-electron chi connectivity index (χ0n) is 13.3. The van der Waals surface area contributed by atoms with Crippen LogP contribution in [-0.2, 0) is 11.2 Å². The highest BCUT2D eigenvalue weighted by molar-refractivity contribution is 5.78. The molecule has 1 amide bonds. The van der Waals surface area contributed by atoms with Crippen LogP contribution in [0.4, 0.5) is 0 Å². The smallest absolute Gasteiger partial charge is 0.224 e. The number of benzene rings is 1. The minimum Gasteiger partial charge on any atom is -0.333 e. The number of carbonyl (C=O) groups excluding carboxylic acids is 1. The molecule has 1 aliphatic heterocycles. The van der Waals surface area contributed by atoms with Crippen LogP contribution in [0, 0.1) is 0 Å². The number of hydrogen-bond acceptors (Lipinski definition) is 2. The Kier molecular flexibility index (Phi) is 3.91. The van der Waals surface area contributed by atoms with Crippen molar-refractivity contribution >= 4 is 5.91 Å². The molecule has 3 aliphatic rings. The summed E-state index contributed by atoms with van der Waals surface area (Å²) in [5.74, 6) is 0.378. The summed E-state index contributed by atoms with van der Waals surface area (Å²) in [7, 11) is 0. The Labute approximate surface area is 133 Å². The van der Waals surface area contributed by atoms with Crippen molar-refractivity contribution in [2.75, 3.05) is 6.54 Å². The zero-order valence-corrected chi connectivity index (χ0v) is 13.3. The molecule has 2 fully saturated rings. The van der Waals surface area contributed by atoms with Gasteiger partial charge in [0.1, 0.15) is 0 Å². The molecule has 1 aromatic carbocycles. The van der Waals surface area contributed by atoms with E-state index in [0.29, 0.717) is 30.5 Å². The second-order valence-electron chi connectivity index (χ2n) is 7.14. The molecule has 0 radical (unpaired) electrons. The van der Waals surface area contributed by atoms with Gasteiger partial charge >= 0.3 is 0 Å². The van der Waals surface area contributed by atoms with E-state index in [0.717, 1.165) is 19.4 Å². The highest BCUT2D eigenvalue weighted by atomic mass is 16.2. The van der Waals surface area contributed by atoms with E-state index in [1.807, 2.05) is 0 Å². The topological polar surface area (TPSA) is 32.3 Å². The Morgan fingerprint density at radius 2 is 2.00 bits per heavy atom. The maximum atomic E-state index is 13.0. The Morgan fingerprint density at radius 1 is 1.14 bits per heavy atom. The Hall–Kier alpha value is -1.35. The molecule has 2 atom stereocenters. The fraction of sp³-hybridized carbons (Fsp3) is 0.632. The minimum atomic E-state index is 0.325. The van der Waals surface area contributed by atoms with Crippen molar-refractivity contribution in [2.45, 2.75) is 69.5 Å². The van der Waals surface area contributed by atoms with E-state index in [2.05, 4.69) is 34.5 Å². The number of rotatable bonds is 4. The van der Waals surface area contributed by atoms with Crippen molar-refractivity contribution < 1.29 is 4.79 Å². The third-order valence-corrected chi connectivity index (χ3v) is 5.49. The summed E-state index contributed by atoms with van der Waals surface area (Å²) in [4.78, 5) is 15.2. The monoisotopic (exact) mass is 298 g/mol. The van der Waals surface area contributed by atoms with Gasteiger partial charge in [0.25, 0.3) is 0 Å². The summed E-state index contributed by atoms with van der Waals surface area (Å²) >= 11 is 0. The van der Waals surface area contributed by atoms with Crippen molar-refractivity contribution in [3.05, 3.63) is 35.4 Å². The molecule has 118 valence electrons. The molecule has 1 saturated carbocycles. The predicted octanol–water partition coefficient (Wildman–Crippen LogP) is 3.20. The van der Waals surface area contributed by atoms with Crippen molar-refractivity contribution in [3.63, 3.8) is 0 Å². The summed E-state index contributed by atoms with van der Waals surface area (Å²) in [6.45, 7) is 1.08. The SMILES string of the molecule is O=C(CC1CCCN1)N(C1CC1)C1CCCc2ccccc21. The summed E-state index contributed by atoms with van der Waals surface area (Å²) in [5, 5.41) is 3.48. The summed E-state index contributed by atoms with van der Waals surface area (Å²) < 4.78 is 0. The Morgan fingerprint density at radius 3 is 2.77 bits per heavy atom. The van der Waals surface area contributed by atoms with E-state index in [1.54, 1.807) is 0 Å². The van der Waals surface area contributed by atoms with Crippen LogP contribution in [0.5, 0.6) is 0 Å². The minimum absolute atomic E-state index is 0.325. The molecule has 1 saturated heterocycles. The number of aryl methyl sites for hydroxylation is 1. The van der Waals surface area contributed by atoms with Crippen molar-refractivity contribution in [2.24, 2.45) is 0 Å². The Balaban J connectivity index is 1.56. The van der Waals surface area contributed by atoms with Crippen molar-refractivity contribution in [1.82, 2.24) is 10.2 Å². The van der Waals surface area contributed by atoms with Gasteiger partial charge in [0.05, 0.1) is 6.04 Å². The molecule has 0 aromatic heterocycles. The molecule has 0 spiro atoms. The average Bonchev–Trinajstić information content (AvgIpc) is 3.24. The van der Waals surface area contributed by atoms with Gasteiger partial charge < -0.3 is 10.2 Å². The number of nitrogens with zero attached hydrogens (tertiary/aromatic N) is 1. The first-order valence-electron chi connectivity index (χ1n) is 8.95. The molecule has 0 bridgehead atoms. The van der Waals surface area contributed by atoms with Gasteiger partial charge in [-0.3, -0.25) is 4.79 Å². The molecule has 2 unspecified atom stereocenters. The van der Waals surface area contributed by atoms with Crippen LogP contribution in [-0.4, -0.2) is 29.4 Å². The largest absolute Gasteiger partial charge is 0.333 e. The number of carbonyl (C=O) groups is 1. The van der Waals surface area contributed by atoms with Gasteiger partial charge in [-0.05, 0) is 62.6 Å². The van der Waals surface area contributed by atoms with Gasteiger partial charge in [0, 0.05) is 18.5 Å². The van der Waals surface area contributed by atoms with Gasteiger partial charge in [0.15, 0.2) is 0 Å². The Bertz CT molecular complexity index is 546. The lowest BCUT2D eigenvalue weighted by Crippen LogP contribution is -2.41. The van der Waals surface area contributed by atoms with Crippen LogP contribution in [0.2, 0.25) is 0 Å². The third kappa shape index (κ3) is 2.79. The maximum Gasteiger partial charge on any atom is 0.224 e. The van der Waals surface area contributed by atoms with Crippen LogP contribution >= 0.6 is 0 Å². The molecule has 1 aromatic rings. The van der Waals surface area contributed by atoms with Gasteiger partial charge in [-0.15, -0.1) is 0 Å². The predicted molar refractivity (Wildman–Crippen MR) is 87.6 cm³/mol. The molecule has 4 rings (SSSR count). The second-order valence-corrected chi connectivity index (χ2v) is 7.14. The first-order valence-corrected chi connectivity index (χ1v) is 8.95. The van der Waals surface area contributed by atoms with E-state index in [9.17, 15) is 4.79 Å². The van der Waals surface area contributed by atoms with Crippen molar-refractivity contribution in [1.29, 1.82) is 0 Å². The van der Waals surface area contributed by atoms with E-state index < -0.39 is 0 Å². The first kappa shape index (κ1) is 14.3. The van der Waals surface area contributed by atoms with Gasteiger partial charge in [-0.1, -0.05) is 24.3 Å². The fourth-order valence-corrected chi connectivity index (χ4v) is 4.25. The van der Waals surface area contributed by atoms with E-state index in [-0.39, 0.29) is 0 Å². The van der Waals surface area contributed by atoms with Gasteiger partial charge in [-0.2, -0.15) is 0 Å². The van der Waals surface area contributed by atoms with Crippen LogP contribution in [0.15, 0.2) is 24.3 Å². The first-order chi connectivity index (χ1) is 10.8.